The highest BCUT2D eigenvalue weighted by atomic mass is 16.5. The van der Waals surface area contributed by atoms with Crippen molar-refractivity contribution >= 4 is 16.7 Å². The van der Waals surface area contributed by atoms with Crippen LogP contribution in [0.1, 0.15) is 23.8 Å². The molecule has 0 aliphatic heterocycles. The smallest absolute Gasteiger partial charge is 0.271 e. The second-order valence-electron chi connectivity index (χ2n) is 6.05. The van der Waals surface area contributed by atoms with Crippen molar-refractivity contribution in [3.05, 3.63) is 52.4 Å². The van der Waals surface area contributed by atoms with E-state index in [9.17, 15) is 14.7 Å². The number of nitrogens with zero attached hydrogens (tertiary/aromatic N) is 1. The van der Waals surface area contributed by atoms with Crippen LogP contribution in [0.25, 0.3) is 22.0 Å². The predicted octanol–water partition coefficient (Wildman–Crippen LogP) is 1.81. The molecule has 28 heavy (non-hydrogen) atoms. The molecule has 0 bridgehead atoms. The molecule has 4 N–H and O–H groups in total. The van der Waals surface area contributed by atoms with Gasteiger partial charge in [0.15, 0.2) is 5.75 Å². The Balaban J connectivity index is 2.19. The number of hydrogen-bond acceptors (Lipinski definition) is 6. The van der Waals surface area contributed by atoms with E-state index >= 15 is 0 Å². The maximum atomic E-state index is 12.6. The average molecular weight is 383 g/mol. The van der Waals surface area contributed by atoms with Crippen molar-refractivity contribution < 1.29 is 19.7 Å². The first kappa shape index (κ1) is 19.4. The Morgan fingerprint density at radius 3 is 2.71 bits per heavy atom. The Kier molecular flexibility index (Phi) is 5.90. The van der Waals surface area contributed by atoms with Crippen LogP contribution in [0.4, 0.5) is 0 Å². The second kappa shape index (κ2) is 8.53. The van der Waals surface area contributed by atoms with Crippen molar-refractivity contribution in [3.63, 3.8) is 0 Å². The summed E-state index contributed by atoms with van der Waals surface area (Å²) >= 11 is 0. The van der Waals surface area contributed by atoms with Crippen molar-refractivity contribution in [1.29, 1.82) is 0 Å². The number of nitrogens with one attached hydrogen (secondary N) is 2. The van der Waals surface area contributed by atoms with E-state index in [4.69, 9.17) is 9.84 Å². The molecule has 8 nitrogen and oxygen atoms in total. The fourth-order valence-electron chi connectivity index (χ4n) is 2.83. The zero-order valence-electron chi connectivity index (χ0n) is 15.4. The minimum Gasteiger partial charge on any atom is -0.505 e. The van der Waals surface area contributed by atoms with E-state index in [2.05, 4.69) is 15.3 Å². The topological polar surface area (TPSA) is 125 Å². The van der Waals surface area contributed by atoms with E-state index < -0.39 is 11.5 Å². The van der Waals surface area contributed by atoms with Gasteiger partial charge >= 0.3 is 0 Å². The van der Waals surface area contributed by atoms with Gasteiger partial charge in [0.25, 0.3) is 11.5 Å². The molecule has 1 amide bonds. The van der Waals surface area contributed by atoms with Gasteiger partial charge in [-0.1, -0.05) is 30.3 Å². The summed E-state index contributed by atoms with van der Waals surface area (Å²) in [6, 6.07) is 10.8. The summed E-state index contributed by atoms with van der Waals surface area (Å²) in [6.07, 6.45) is 0.362. The molecule has 2 aromatic heterocycles. The molecule has 3 aromatic rings. The summed E-state index contributed by atoms with van der Waals surface area (Å²) in [5.74, 6) is -0.916. The molecular weight excluding hydrogens is 362 g/mol. The molecule has 0 aliphatic carbocycles. The van der Waals surface area contributed by atoms with E-state index in [0.717, 1.165) is 5.56 Å². The molecule has 3 rings (SSSR count). The number of aromatic hydroxyl groups is 1. The van der Waals surface area contributed by atoms with Crippen molar-refractivity contribution in [3.8, 4) is 22.9 Å². The standard InChI is InChI=1S/C20H21N3O5/c1-2-28-20-15-13(11-14(22-20)12-7-4-3-5-8-12)17(25)16(23-18(15)26)19(27)21-9-6-10-24/h3-5,7-8,11,24-25H,2,6,9-10H2,1H3,(H,21,27)(H,23,26). The molecule has 8 heteroatoms. The maximum Gasteiger partial charge on any atom is 0.271 e. The Morgan fingerprint density at radius 1 is 1.29 bits per heavy atom. The summed E-state index contributed by atoms with van der Waals surface area (Å²) in [5, 5.41) is 22.3. The number of ether oxygens (including phenoxy) is 1. The van der Waals surface area contributed by atoms with Crippen molar-refractivity contribution in [2.45, 2.75) is 13.3 Å². The normalized spacial score (nSPS) is 10.8. The lowest BCUT2D eigenvalue weighted by molar-refractivity contribution is 0.0943. The number of H-pyrrole nitrogens is 1. The van der Waals surface area contributed by atoms with Gasteiger partial charge in [-0.05, 0) is 19.4 Å². The van der Waals surface area contributed by atoms with Crippen LogP contribution < -0.4 is 15.6 Å². The minimum absolute atomic E-state index is 0.0749. The molecule has 0 fully saturated rings. The molecule has 0 saturated carbocycles. The Labute approximate surface area is 160 Å². The van der Waals surface area contributed by atoms with Gasteiger partial charge in [-0.3, -0.25) is 9.59 Å². The fraction of sp³-hybridized carbons (Fsp3) is 0.250. The molecule has 1 aromatic carbocycles. The highest BCUT2D eigenvalue weighted by Crippen LogP contribution is 2.33. The van der Waals surface area contributed by atoms with Crippen molar-refractivity contribution in [1.82, 2.24) is 15.3 Å². The van der Waals surface area contributed by atoms with Gasteiger partial charge in [-0.25, -0.2) is 4.98 Å². The van der Waals surface area contributed by atoms with Gasteiger partial charge in [0.1, 0.15) is 11.1 Å². The van der Waals surface area contributed by atoms with Crippen LogP contribution in [0, 0.1) is 0 Å². The van der Waals surface area contributed by atoms with E-state index in [1.165, 1.54) is 0 Å². The summed E-state index contributed by atoms with van der Waals surface area (Å²) in [7, 11) is 0. The van der Waals surface area contributed by atoms with Crippen LogP contribution in [-0.4, -0.2) is 45.8 Å². The summed E-state index contributed by atoms with van der Waals surface area (Å²) in [4.78, 5) is 31.8. The lowest BCUT2D eigenvalue weighted by Crippen LogP contribution is -2.28. The zero-order valence-corrected chi connectivity index (χ0v) is 15.4. The summed E-state index contributed by atoms with van der Waals surface area (Å²) < 4.78 is 5.53. The number of pyridine rings is 2. The third kappa shape index (κ3) is 3.81. The third-order valence-corrected chi connectivity index (χ3v) is 4.14. The number of hydrogen-bond donors (Lipinski definition) is 4. The van der Waals surface area contributed by atoms with Gasteiger partial charge in [-0.2, -0.15) is 0 Å². The van der Waals surface area contributed by atoms with E-state index in [1.807, 2.05) is 30.3 Å². The number of benzene rings is 1. The number of carbonyl (C=O) groups is 1. The van der Waals surface area contributed by atoms with Crippen LogP contribution in [0.5, 0.6) is 11.6 Å². The number of rotatable bonds is 7. The summed E-state index contributed by atoms with van der Waals surface area (Å²) in [6.45, 7) is 2.18. The molecule has 0 aliphatic rings. The van der Waals surface area contributed by atoms with E-state index in [1.54, 1.807) is 13.0 Å². The van der Waals surface area contributed by atoms with Gasteiger partial charge in [-0.15, -0.1) is 0 Å². The lowest BCUT2D eigenvalue weighted by atomic mass is 10.1. The highest BCUT2D eigenvalue weighted by Gasteiger charge is 2.21. The van der Waals surface area contributed by atoms with E-state index in [0.29, 0.717) is 12.1 Å². The quantitative estimate of drug-likeness (QED) is 0.461. The molecule has 0 atom stereocenters. The number of aromatic amines is 1. The molecular formula is C20H21N3O5. The van der Waals surface area contributed by atoms with Crippen molar-refractivity contribution in [2.24, 2.45) is 0 Å². The van der Waals surface area contributed by atoms with Crippen LogP contribution in [-0.2, 0) is 0 Å². The molecule has 0 spiro atoms. The van der Waals surface area contributed by atoms with Gasteiger partial charge in [0.05, 0.1) is 12.3 Å². The number of aliphatic hydroxyl groups excluding tert-OH is 1. The van der Waals surface area contributed by atoms with Gasteiger partial charge in [0, 0.05) is 24.1 Å². The van der Waals surface area contributed by atoms with Crippen molar-refractivity contribution in [2.75, 3.05) is 19.8 Å². The summed E-state index contributed by atoms with van der Waals surface area (Å²) in [5.41, 5.74) is 0.446. The number of aliphatic hydroxyl groups is 1. The zero-order chi connectivity index (χ0) is 20.1. The molecule has 0 radical (unpaired) electrons. The first-order chi connectivity index (χ1) is 13.6. The monoisotopic (exact) mass is 383 g/mol. The SMILES string of the molecule is CCOc1nc(-c2ccccc2)cc2c(O)c(C(=O)NCCCO)[nH]c(=O)c12. The Morgan fingerprint density at radius 2 is 2.04 bits per heavy atom. The molecule has 146 valence electrons. The second-order valence-corrected chi connectivity index (χ2v) is 6.05. The van der Waals surface area contributed by atoms with Crippen LogP contribution in [0.3, 0.4) is 0 Å². The van der Waals surface area contributed by atoms with Gasteiger partial charge in [0.2, 0.25) is 5.88 Å². The third-order valence-electron chi connectivity index (χ3n) is 4.14. The minimum atomic E-state index is -0.638. The predicted molar refractivity (Wildman–Crippen MR) is 105 cm³/mol. The maximum absolute atomic E-state index is 12.6. The number of amides is 1. The Hall–Kier alpha value is -3.39. The lowest BCUT2D eigenvalue weighted by Gasteiger charge is -2.13. The number of fused-ring (bicyclic) bond motifs is 1. The van der Waals surface area contributed by atoms with Crippen LogP contribution >= 0.6 is 0 Å². The Bertz CT molecular complexity index is 1050. The highest BCUT2D eigenvalue weighted by molar-refractivity contribution is 6.03. The van der Waals surface area contributed by atoms with E-state index in [-0.39, 0.29) is 47.9 Å². The first-order valence-electron chi connectivity index (χ1n) is 8.94. The van der Waals surface area contributed by atoms with Gasteiger partial charge < -0.3 is 25.3 Å². The van der Waals surface area contributed by atoms with Crippen LogP contribution in [0.2, 0.25) is 0 Å². The average Bonchev–Trinajstić information content (AvgIpc) is 2.71. The van der Waals surface area contributed by atoms with Crippen LogP contribution in [0.15, 0.2) is 41.2 Å². The molecule has 2 heterocycles. The fourth-order valence-corrected chi connectivity index (χ4v) is 2.83. The number of aromatic nitrogens is 2. The molecule has 0 saturated heterocycles. The first-order valence-corrected chi connectivity index (χ1v) is 8.94. The largest absolute Gasteiger partial charge is 0.505 e. The number of carbonyl (C=O) groups excluding carboxylic acids is 1. The molecule has 0 unspecified atom stereocenters.